The first kappa shape index (κ1) is 8.69. The molecule has 0 N–H and O–H groups in total. The van der Waals surface area contributed by atoms with Crippen LogP contribution >= 0.6 is 15.9 Å². The highest BCUT2D eigenvalue weighted by molar-refractivity contribution is 9.10. The molecule has 2 heterocycles. The van der Waals surface area contributed by atoms with Gasteiger partial charge < -0.3 is 4.57 Å². The lowest BCUT2D eigenvalue weighted by molar-refractivity contribution is 0.604. The smallest absolute Gasteiger partial charge is 0.178 e. The van der Waals surface area contributed by atoms with E-state index in [-0.39, 0.29) is 0 Å². The second-order valence-electron chi connectivity index (χ2n) is 3.21. The van der Waals surface area contributed by atoms with Gasteiger partial charge in [0, 0.05) is 12.2 Å². The number of fused-ring (bicyclic) bond motifs is 1. The summed E-state index contributed by atoms with van der Waals surface area (Å²) in [5.74, 6) is 0. The number of imidazole rings is 1. The van der Waals surface area contributed by atoms with Crippen molar-refractivity contribution in [3.8, 4) is 0 Å². The molecule has 68 valence electrons. The van der Waals surface area contributed by atoms with Crippen LogP contribution in [0.4, 0.5) is 0 Å². The fourth-order valence-corrected chi connectivity index (χ4v) is 2.20. The molecule has 0 spiro atoms. The Hall–Kier alpha value is -0.900. The van der Waals surface area contributed by atoms with E-state index in [1.807, 2.05) is 6.07 Å². The number of pyridine rings is 1. The number of hydrogen-bond acceptors (Lipinski definition) is 2. The van der Waals surface area contributed by atoms with Gasteiger partial charge in [0.05, 0.1) is 11.7 Å². The molecule has 0 aliphatic heterocycles. The molecule has 0 saturated heterocycles. The average Bonchev–Trinajstić information content (AvgIpc) is 2.39. The van der Waals surface area contributed by atoms with E-state index >= 15 is 0 Å². The summed E-state index contributed by atoms with van der Waals surface area (Å²) in [5.41, 5.74) is 2.06. The Balaban J connectivity index is 2.78. The normalized spacial score (nSPS) is 11.4. The van der Waals surface area contributed by atoms with Crippen molar-refractivity contribution in [2.75, 3.05) is 0 Å². The van der Waals surface area contributed by atoms with Gasteiger partial charge in [-0.2, -0.15) is 0 Å². The Morgan fingerprint density at radius 1 is 1.46 bits per heavy atom. The molecule has 0 aliphatic carbocycles. The molecule has 0 aliphatic rings. The predicted octanol–water partition coefficient (Wildman–Crippen LogP) is 2.77. The molecule has 0 radical (unpaired) electrons. The minimum absolute atomic E-state index is 0.404. The summed E-state index contributed by atoms with van der Waals surface area (Å²) in [4.78, 5) is 8.38. The van der Waals surface area contributed by atoms with Gasteiger partial charge in [0.25, 0.3) is 0 Å². The Kier molecular flexibility index (Phi) is 2.07. The van der Waals surface area contributed by atoms with Crippen LogP contribution in [0.15, 0.2) is 23.2 Å². The number of rotatable bonds is 1. The van der Waals surface area contributed by atoms with Gasteiger partial charge in [-0.15, -0.1) is 0 Å². The fourth-order valence-electron chi connectivity index (χ4n) is 1.41. The summed E-state index contributed by atoms with van der Waals surface area (Å²) in [7, 11) is 0. The van der Waals surface area contributed by atoms with Gasteiger partial charge in [0.1, 0.15) is 5.52 Å². The van der Waals surface area contributed by atoms with Crippen LogP contribution in [0.3, 0.4) is 0 Å². The molecular formula is C9H10BrN3. The summed E-state index contributed by atoms with van der Waals surface area (Å²) in [5, 5.41) is 0. The molecule has 0 aromatic carbocycles. The third kappa shape index (κ3) is 1.35. The summed E-state index contributed by atoms with van der Waals surface area (Å²) in [6, 6.07) is 2.38. The van der Waals surface area contributed by atoms with Crippen LogP contribution in [0, 0.1) is 0 Å². The van der Waals surface area contributed by atoms with Gasteiger partial charge in [0.15, 0.2) is 4.73 Å². The first-order valence-corrected chi connectivity index (χ1v) is 4.97. The van der Waals surface area contributed by atoms with E-state index in [0.29, 0.717) is 6.04 Å². The van der Waals surface area contributed by atoms with Crippen LogP contribution in [0.2, 0.25) is 0 Å². The van der Waals surface area contributed by atoms with Crippen molar-refractivity contribution < 1.29 is 0 Å². The van der Waals surface area contributed by atoms with Gasteiger partial charge in [-0.1, -0.05) is 0 Å². The molecule has 13 heavy (non-hydrogen) atoms. The highest BCUT2D eigenvalue weighted by Crippen LogP contribution is 2.23. The zero-order valence-corrected chi connectivity index (χ0v) is 9.12. The lowest BCUT2D eigenvalue weighted by atomic mass is 10.3. The number of halogens is 1. The first-order valence-electron chi connectivity index (χ1n) is 4.17. The van der Waals surface area contributed by atoms with Crippen LogP contribution in [-0.4, -0.2) is 14.5 Å². The minimum Gasteiger partial charge on any atom is -0.316 e. The first-order chi connectivity index (χ1) is 6.20. The van der Waals surface area contributed by atoms with Gasteiger partial charge in [0.2, 0.25) is 0 Å². The van der Waals surface area contributed by atoms with E-state index < -0.39 is 0 Å². The zero-order valence-electron chi connectivity index (χ0n) is 7.53. The van der Waals surface area contributed by atoms with E-state index in [2.05, 4.69) is 44.3 Å². The topological polar surface area (TPSA) is 30.7 Å². The van der Waals surface area contributed by atoms with Crippen molar-refractivity contribution >= 4 is 27.0 Å². The highest BCUT2D eigenvalue weighted by atomic mass is 79.9. The Morgan fingerprint density at radius 3 is 2.92 bits per heavy atom. The third-order valence-electron chi connectivity index (χ3n) is 1.97. The third-order valence-corrected chi connectivity index (χ3v) is 2.52. The standard InChI is InChI=1S/C9H10BrN3/c1-6(2)13-8-3-4-11-5-7(8)12-9(13)10/h3-6H,1-2H3. The zero-order chi connectivity index (χ0) is 9.42. The molecule has 4 heteroatoms. The van der Waals surface area contributed by atoms with Gasteiger partial charge >= 0.3 is 0 Å². The fraction of sp³-hybridized carbons (Fsp3) is 0.333. The van der Waals surface area contributed by atoms with E-state index in [4.69, 9.17) is 0 Å². The van der Waals surface area contributed by atoms with Crippen molar-refractivity contribution in [3.63, 3.8) is 0 Å². The molecule has 0 fully saturated rings. The van der Waals surface area contributed by atoms with Gasteiger partial charge in [-0.3, -0.25) is 4.98 Å². The molecule has 0 saturated carbocycles. The summed E-state index contributed by atoms with van der Waals surface area (Å²) < 4.78 is 3.00. The quantitative estimate of drug-likeness (QED) is 0.767. The monoisotopic (exact) mass is 239 g/mol. The molecular weight excluding hydrogens is 230 g/mol. The summed E-state index contributed by atoms with van der Waals surface area (Å²) in [6.07, 6.45) is 3.56. The Labute approximate surface area is 84.9 Å². The maximum atomic E-state index is 4.35. The maximum Gasteiger partial charge on any atom is 0.178 e. The van der Waals surface area contributed by atoms with E-state index in [1.54, 1.807) is 12.4 Å². The molecule has 2 aromatic heterocycles. The van der Waals surface area contributed by atoms with Crippen molar-refractivity contribution in [1.82, 2.24) is 14.5 Å². The highest BCUT2D eigenvalue weighted by Gasteiger charge is 2.09. The Bertz CT molecular complexity index is 433. The van der Waals surface area contributed by atoms with E-state index in [1.165, 1.54) is 0 Å². The number of hydrogen-bond donors (Lipinski definition) is 0. The number of aromatic nitrogens is 3. The largest absolute Gasteiger partial charge is 0.316 e. The maximum absolute atomic E-state index is 4.35. The van der Waals surface area contributed by atoms with Crippen LogP contribution < -0.4 is 0 Å². The molecule has 0 unspecified atom stereocenters. The van der Waals surface area contributed by atoms with Crippen molar-refractivity contribution in [2.24, 2.45) is 0 Å². The second kappa shape index (κ2) is 3.10. The summed E-state index contributed by atoms with van der Waals surface area (Å²) in [6.45, 7) is 4.26. The Morgan fingerprint density at radius 2 is 2.23 bits per heavy atom. The molecule has 0 atom stereocenters. The van der Waals surface area contributed by atoms with Gasteiger partial charge in [-0.05, 0) is 35.8 Å². The van der Waals surface area contributed by atoms with E-state index in [9.17, 15) is 0 Å². The van der Waals surface area contributed by atoms with Crippen LogP contribution in [0.25, 0.3) is 11.0 Å². The molecule has 0 bridgehead atoms. The average molecular weight is 240 g/mol. The van der Waals surface area contributed by atoms with Crippen LogP contribution in [-0.2, 0) is 0 Å². The minimum atomic E-state index is 0.404. The molecule has 3 nitrogen and oxygen atoms in total. The lowest BCUT2D eigenvalue weighted by Gasteiger charge is -2.08. The second-order valence-corrected chi connectivity index (χ2v) is 3.92. The molecule has 2 rings (SSSR count). The molecule has 0 amide bonds. The molecule has 2 aromatic rings. The predicted molar refractivity (Wildman–Crippen MR) is 55.6 cm³/mol. The lowest BCUT2D eigenvalue weighted by Crippen LogP contribution is -2.00. The van der Waals surface area contributed by atoms with Crippen molar-refractivity contribution in [1.29, 1.82) is 0 Å². The van der Waals surface area contributed by atoms with Crippen molar-refractivity contribution in [2.45, 2.75) is 19.9 Å². The van der Waals surface area contributed by atoms with Crippen molar-refractivity contribution in [3.05, 3.63) is 23.2 Å². The summed E-state index contributed by atoms with van der Waals surface area (Å²) >= 11 is 3.43. The van der Waals surface area contributed by atoms with Gasteiger partial charge in [-0.25, -0.2) is 4.98 Å². The van der Waals surface area contributed by atoms with E-state index in [0.717, 1.165) is 15.8 Å². The number of nitrogens with zero attached hydrogens (tertiary/aromatic N) is 3. The van der Waals surface area contributed by atoms with Crippen LogP contribution in [0.1, 0.15) is 19.9 Å². The SMILES string of the molecule is CC(C)n1c(Br)nc2cnccc21. The van der Waals surface area contributed by atoms with Crippen LogP contribution in [0.5, 0.6) is 0 Å².